The number of carbonyl (C=O) groups excluding carboxylic acids is 1. The third-order valence-electron chi connectivity index (χ3n) is 12.2. The number of aliphatic hydroxyl groups is 11. The Hall–Kier alpha value is -3.03. The minimum Gasteiger partial charge on any atom is -0.394 e. The van der Waals surface area contributed by atoms with Crippen molar-refractivity contribution < 1.29 is 89.4 Å². The van der Waals surface area contributed by atoms with Crippen LogP contribution in [0.1, 0.15) is 104 Å². The Morgan fingerprint density at radius 3 is 1.48 bits per heavy atom. The molecule has 3 fully saturated rings. The first-order valence-corrected chi connectivity index (χ1v) is 25.3. The molecule has 17 unspecified atom stereocenters. The molecule has 0 saturated carbocycles. The van der Waals surface area contributed by atoms with Crippen molar-refractivity contribution in [2.75, 3.05) is 26.4 Å². The summed E-state index contributed by atoms with van der Waals surface area (Å²) in [5.41, 5.74) is 0. The molecule has 19 heteroatoms. The van der Waals surface area contributed by atoms with Crippen molar-refractivity contribution >= 4 is 5.91 Å². The van der Waals surface area contributed by atoms with Crippen LogP contribution in [0.15, 0.2) is 85.1 Å². The molecular formula is C52H85NO18. The number of ether oxygens (including phenoxy) is 6. The van der Waals surface area contributed by atoms with Crippen molar-refractivity contribution in [2.24, 2.45) is 0 Å². The van der Waals surface area contributed by atoms with E-state index < -0.39 is 131 Å². The molecule has 0 bridgehead atoms. The van der Waals surface area contributed by atoms with Gasteiger partial charge in [-0.1, -0.05) is 125 Å². The molecule has 19 nitrogen and oxygen atoms in total. The normalized spacial score (nSPS) is 33.0. The SMILES string of the molecule is CC/C=C\C/C=C\C/C=C\C/C=C\C/C=C\C/C=C\CCC(=O)NC(COC1OC(CO)C(OC2OC(CO)C(OC3OC(CO)C(O)C(O)C3O)C(O)C2O)C(O)C1O)C(O)/C=C/CCCCCCC. The van der Waals surface area contributed by atoms with Gasteiger partial charge in [-0.3, -0.25) is 4.79 Å². The zero-order valence-corrected chi connectivity index (χ0v) is 41.4. The fraction of sp³-hybridized carbons (Fsp3) is 0.712. The number of hydrogen-bond donors (Lipinski definition) is 12. The predicted molar refractivity (Wildman–Crippen MR) is 263 cm³/mol. The van der Waals surface area contributed by atoms with E-state index in [0.717, 1.165) is 64.2 Å². The summed E-state index contributed by atoms with van der Waals surface area (Å²) in [5, 5.41) is 119. The van der Waals surface area contributed by atoms with Gasteiger partial charge in [0.1, 0.15) is 73.2 Å². The first-order chi connectivity index (χ1) is 34.3. The number of unbranched alkanes of at least 4 members (excludes halogenated alkanes) is 5. The smallest absolute Gasteiger partial charge is 0.220 e. The lowest BCUT2D eigenvalue weighted by molar-refractivity contribution is -0.379. The van der Waals surface area contributed by atoms with E-state index in [4.69, 9.17) is 28.4 Å². The Kier molecular flexibility index (Phi) is 31.6. The molecule has 71 heavy (non-hydrogen) atoms. The standard InChI is InChI=1S/C52H85NO18/c1-3-5-7-9-11-12-13-14-15-16-17-18-19-20-21-22-24-26-28-30-40(58)53-35(36(57)29-27-25-23-10-8-6-4-2)34-66-50-46(64)43(61)48(38(32-55)68-50)71-52-47(65)44(62)49(39(33-56)69-52)70-51-45(63)42(60)41(59)37(31-54)67-51/h5,7,11-12,14-15,17-18,20-21,24,26-27,29,35-39,41-52,54-57,59-65H,3-4,6,8-10,13,16,19,22-23,25,28,30-34H2,1-2H3,(H,53,58)/b7-5-,12-11-,15-14-,18-17-,21-20-,26-24-,29-27+. The number of rotatable bonds is 33. The van der Waals surface area contributed by atoms with Gasteiger partial charge in [0, 0.05) is 6.42 Å². The highest BCUT2D eigenvalue weighted by molar-refractivity contribution is 5.76. The predicted octanol–water partition coefficient (Wildman–Crippen LogP) is 1.69. The third kappa shape index (κ3) is 21.8. The molecule has 0 aliphatic carbocycles. The molecule has 0 spiro atoms. The van der Waals surface area contributed by atoms with E-state index in [1.807, 2.05) is 18.2 Å². The van der Waals surface area contributed by atoms with Crippen molar-refractivity contribution in [3.8, 4) is 0 Å². The average Bonchev–Trinajstić information content (AvgIpc) is 3.36. The molecule has 3 aliphatic heterocycles. The number of aliphatic hydroxyl groups excluding tert-OH is 11. The quantitative estimate of drug-likeness (QED) is 0.0329. The van der Waals surface area contributed by atoms with Crippen molar-refractivity contribution in [2.45, 2.75) is 208 Å². The molecular weight excluding hydrogens is 927 g/mol. The van der Waals surface area contributed by atoms with Crippen molar-refractivity contribution in [3.05, 3.63) is 85.1 Å². The fourth-order valence-electron chi connectivity index (χ4n) is 7.97. The molecule has 0 aromatic carbocycles. The van der Waals surface area contributed by atoms with Gasteiger partial charge in [-0.2, -0.15) is 0 Å². The van der Waals surface area contributed by atoms with Crippen LogP contribution in [0.2, 0.25) is 0 Å². The van der Waals surface area contributed by atoms with E-state index in [1.165, 1.54) is 0 Å². The summed E-state index contributed by atoms with van der Waals surface area (Å²) >= 11 is 0. The summed E-state index contributed by atoms with van der Waals surface area (Å²) in [6, 6.07) is -1.01. The van der Waals surface area contributed by atoms with Crippen LogP contribution in [-0.2, 0) is 33.2 Å². The van der Waals surface area contributed by atoms with E-state index in [2.05, 4.69) is 79.9 Å². The van der Waals surface area contributed by atoms with Gasteiger partial charge in [0.15, 0.2) is 18.9 Å². The van der Waals surface area contributed by atoms with Gasteiger partial charge in [-0.25, -0.2) is 0 Å². The second kappa shape index (κ2) is 36.0. The van der Waals surface area contributed by atoms with Crippen LogP contribution in [0.4, 0.5) is 0 Å². The Bertz CT molecular complexity index is 1630. The molecule has 1 amide bonds. The minimum absolute atomic E-state index is 0.112. The van der Waals surface area contributed by atoms with Crippen LogP contribution < -0.4 is 5.32 Å². The van der Waals surface area contributed by atoms with Crippen LogP contribution in [0.3, 0.4) is 0 Å². The van der Waals surface area contributed by atoms with Crippen LogP contribution in [0.25, 0.3) is 0 Å². The molecule has 0 aromatic rings. The first-order valence-electron chi connectivity index (χ1n) is 25.3. The Morgan fingerprint density at radius 1 is 0.521 bits per heavy atom. The van der Waals surface area contributed by atoms with Crippen LogP contribution >= 0.6 is 0 Å². The summed E-state index contributed by atoms with van der Waals surface area (Å²) in [5.74, 6) is -0.368. The summed E-state index contributed by atoms with van der Waals surface area (Å²) in [7, 11) is 0. The van der Waals surface area contributed by atoms with E-state index in [-0.39, 0.29) is 12.3 Å². The Balaban J connectivity index is 1.54. The lowest BCUT2D eigenvalue weighted by Gasteiger charge is -2.48. The lowest BCUT2D eigenvalue weighted by Crippen LogP contribution is -2.66. The molecule has 3 saturated heterocycles. The molecule has 0 radical (unpaired) electrons. The van der Waals surface area contributed by atoms with Gasteiger partial charge in [0.05, 0.1) is 38.6 Å². The first kappa shape index (κ1) is 62.3. The van der Waals surface area contributed by atoms with Gasteiger partial charge in [-0.15, -0.1) is 0 Å². The number of nitrogens with one attached hydrogen (secondary N) is 1. The monoisotopic (exact) mass is 1010 g/mol. The number of hydrogen-bond acceptors (Lipinski definition) is 18. The molecule has 3 heterocycles. The summed E-state index contributed by atoms with van der Waals surface area (Å²) < 4.78 is 34.0. The second-order valence-electron chi connectivity index (χ2n) is 17.9. The van der Waals surface area contributed by atoms with Crippen LogP contribution in [-0.4, -0.2) is 193 Å². The summed E-state index contributed by atoms with van der Waals surface area (Å²) in [6.07, 6.45) is 13.5. The van der Waals surface area contributed by atoms with E-state index in [1.54, 1.807) is 6.08 Å². The maximum absolute atomic E-state index is 13.1. The maximum Gasteiger partial charge on any atom is 0.220 e. The van der Waals surface area contributed by atoms with Crippen molar-refractivity contribution in [1.82, 2.24) is 5.32 Å². The van der Waals surface area contributed by atoms with Crippen LogP contribution in [0.5, 0.6) is 0 Å². The van der Waals surface area contributed by atoms with Crippen molar-refractivity contribution in [1.29, 1.82) is 0 Å². The minimum atomic E-state index is -1.99. The average molecular weight is 1010 g/mol. The van der Waals surface area contributed by atoms with Crippen molar-refractivity contribution in [3.63, 3.8) is 0 Å². The molecule has 3 aliphatic rings. The largest absolute Gasteiger partial charge is 0.394 e. The molecule has 12 N–H and O–H groups in total. The van der Waals surface area contributed by atoms with Gasteiger partial charge in [0.25, 0.3) is 0 Å². The van der Waals surface area contributed by atoms with Gasteiger partial charge >= 0.3 is 0 Å². The highest BCUT2D eigenvalue weighted by atomic mass is 16.8. The summed E-state index contributed by atoms with van der Waals surface area (Å²) in [4.78, 5) is 13.1. The Labute approximate surface area is 419 Å². The maximum atomic E-state index is 13.1. The number of amides is 1. The highest BCUT2D eigenvalue weighted by Gasteiger charge is 2.53. The molecule has 0 aromatic heterocycles. The zero-order valence-electron chi connectivity index (χ0n) is 41.4. The van der Waals surface area contributed by atoms with E-state index in [9.17, 15) is 61.0 Å². The Morgan fingerprint density at radius 2 is 0.972 bits per heavy atom. The summed E-state index contributed by atoms with van der Waals surface area (Å²) in [6.45, 7) is 1.42. The third-order valence-corrected chi connectivity index (χ3v) is 12.2. The molecule has 406 valence electrons. The van der Waals surface area contributed by atoms with Gasteiger partial charge < -0.3 is 89.9 Å². The van der Waals surface area contributed by atoms with Gasteiger partial charge in [-0.05, 0) is 57.8 Å². The molecule has 3 rings (SSSR count). The van der Waals surface area contributed by atoms with E-state index in [0.29, 0.717) is 19.3 Å². The molecule has 17 atom stereocenters. The van der Waals surface area contributed by atoms with Gasteiger partial charge in [0.2, 0.25) is 5.91 Å². The van der Waals surface area contributed by atoms with E-state index >= 15 is 0 Å². The zero-order chi connectivity index (χ0) is 52.0. The highest BCUT2D eigenvalue weighted by Crippen LogP contribution is 2.33. The van der Waals surface area contributed by atoms with Crippen LogP contribution in [0, 0.1) is 0 Å². The fourth-order valence-corrected chi connectivity index (χ4v) is 7.97. The number of carbonyl (C=O) groups is 1. The second-order valence-corrected chi connectivity index (χ2v) is 17.9. The topological polar surface area (TPSA) is 307 Å². The number of allylic oxidation sites excluding steroid dienone is 13. The lowest BCUT2D eigenvalue weighted by atomic mass is 9.96.